The van der Waals surface area contributed by atoms with Crippen LogP contribution in [-0.2, 0) is 12.9 Å². The van der Waals surface area contributed by atoms with Crippen LogP contribution in [0.25, 0.3) is 0 Å². The molecule has 0 aromatic heterocycles. The molecule has 0 spiro atoms. The molecule has 0 atom stereocenters. The van der Waals surface area contributed by atoms with E-state index >= 15 is 0 Å². The molecular weight excluding hydrogens is 377 g/mol. The standard InChI is InChI=1S/C18H23P.2ClH.Co/c1-2-3-4-11-16-19(17-12-7-5-8-13-17)18-14-9-6-10-15-18;;;/h5-10,12-15H,2-4,11,16H2,1H3;2*1H;/q;;;+2/p-2. The van der Waals surface area contributed by atoms with Gasteiger partial charge in [-0.15, -0.1) is 0 Å². The van der Waals surface area contributed by atoms with Gasteiger partial charge in [-0.1, -0.05) is 86.8 Å². The average Bonchev–Trinajstić information content (AvgIpc) is 2.57. The number of halogens is 2. The molecule has 22 heavy (non-hydrogen) atoms. The first kappa shape index (κ1) is 20.0. The zero-order valence-corrected chi connectivity index (χ0v) is 16.3. The molecule has 0 nitrogen and oxygen atoms in total. The molecule has 0 N–H and O–H groups in total. The summed E-state index contributed by atoms with van der Waals surface area (Å²) in [5, 5.41) is 3.03. The van der Waals surface area contributed by atoms with E-state index in [1.165, 1.54) is 42.5 Å². The van der Waals surface area contributed by atoms with Crippen molar-refractivity contribution in [2.75, 3.05) is 6.16 Å². The average molecular weight is 400 g/mol. The monoisotopic (exact) mass is 399 g/mol. The van der Waals surface area contributed by atoms with Crippen molar-refractivity contribution in [1.82, 2.24) is 0 Å². The van der Waals surface area contributed by atoms with E-state index in [0.29, 0.717) is 12.9 Å². The molecule has 0 amide bonds. The molecule has 0 heterocycles. The van der Waals surface area contributed by atoms with Gasteiger partial charge in [0, 0.05) is 0 Å². The molecule has 0 radical (unpaired) electrons. The number of hydrogen-bond donors (Lipinski definition) is 0. The van der Waals surface area contributed by atoms with Crippen LogP contribution < -0.4 is 10.6 Å². The van der Waals surface area contributed by atoms with Crippen molar-refractivity contribution in [3.8, 4) is 0 Å². The van der Waals surface area contributed by atoms with Crippen LogP contribution in [0.2, 0.25) is 0 Å². The summed E-state index contributed by atoms with van der Waals surface area (Å²) in [4.78, 5) is 0. The van der Waals surface area contributed by atoms with Crippen molar-refractivity contribution in [2.24, 2.45) is 0 Å². The summed E-state index contributed by atoms with van der Waals surface area (Å²) in [6.07, 6.45) is 6.73. The van der Waals surface area contributed by atoms with E-state index in [2.05, 4.69) is 67.6 Å². The van der Waals surface area contributed by atoms with Gasteiger partial charge in [0.1, 0.15) is 0 Å². The van der Waals surface area contributed by atoms with E-state index < -0.39 is 0 Å². The Morgan fingerprint density at radius 1 is 0.773 bits per heavy atom. The van der Waals surface area contributed by atoms with Crippen LogP contribution in [0.4, 0.5) is 0 Å². The van der Waals surface area contributed by atoms with Gasteiger partial charge in [-0.05, 0) is 31.1 Å². The van der Waals surface area contributed by atoms with E-state index in [4.69, 9.17) is 20.3 Å². The fourth-order valence-electron chi connectivity index (χ4n) is 2.32. The van der Waals surface area contributed by atoms with Crippen molar-refractivity contribution >= 4 is 38.8 Å². The molecule has 123 valence electrons. The Labute approximate surface area is 150 Å². The molecule has 0 bridgehead atoms. The van der Waals surface area contributed by atoms with E-state index in [1.54, 1.807) is 0 Å². The molecule has 4 heteroatoms. The van der Waals surface area contributed by atoms with Gasteiger partial charge in [0.25, 0.3) is 0 Å². The Hall–Kier alpha value is -0.0435. The van der Waals surface area contributed by atoms with Gasteiger partial charge >= 0.3 is 33.2 Å². The van der Waals surface area contributed by atoms with Crippen LogP contribution in [-0.4, -0.2) is 6.16 Å². The van der Waals surface area contributed by atoms with Crippen LogP contribution in [0.1, 0.15) is 32.6 Å². The van der Waals surface area contributed by atoms with Gasteiger partial charge in [0.05, 0.1) is 0 Å². The Morgan fingerprint density at radius 2 is 1.23 bits per heavy atom. The molecule has 0 unspecified atom stereocenters. The molecule has 2 aromatic rings. The zero-order valence-electron chi connectivity index (χ0n) is 12.8. The molecule has 0 aliphatic heterocycles. The molecule has 0 aliphatic rings. The Morgan fingerprint density at radius 3 is 1.64 bits per heavy atom. The normalized spacial score (nSPS) is 10.4. The summed E-state index contributed by atoms with van der Waals surface area (Å²) >= 11 is 0.382. The number of benzene rings is 2. The van der Waals surface area contributed by atoms with Gasteiger partial charge < -0.3 is 0 Å². The molecule has 0 saturated heterocycles. The van der Waals surface area contributed by atoms with E-state index in [9.17, 15) is 0 Å². The van der Waals surface area contributed by atoms with Crippen molar-refractivity contribution in [1.29, 1.82) is 0 Å². The molecular formula is C18H23Cl2CoP. The number of unbranched alkanes of at least 4 members (excludes halogenated alkanes) is 3. The molecule has 2 aromatic carbocycles. The zero-order chi connectivity index (χ0) is 16.0. The predicted molar refractivity (Wildman–Crippen MR) is 99.8 cm³/mol. The second-order valence-electron chi connectivity index (χ2n) is 4.93. The van der Waals surface area contributed by atoms with E-state index in [0.717, 1.165) is 0 Å². The maximum absolute atomic E-state index is 4.73. The Balaban J connectivity index is 0.000000745. The van der Waals surface area contributed by atoms with Crippen molar-refractivity contribution in [3.05, 3.63) is 60.7 Å². The van der Waals surface area contributed by atoms with Crippen LogP contribution in [0.5, 0.6) is 0 Å². The molecule has 0 fully saturated rings. The van der Waals surface area contributed by atoms with Crippen molar-refractivity contribution in [3.63, 3.8) is 0 Å². The number of hydrogen-bond acceptors (Lipinski definition) is 0. The quantitative estimate of drug-likeness (QED) is 0.391. The second-order valence-corrected chi connectivity index (χ2v) is 8.99. The predicted octanol–water partition coefficient (Wildman–Crippen LogP) is 6.08. The first-order valence-corrected chi connectivity index (χ1v) is 11.9. The minimum atomic E-state index is -0.167. The van der Waals surface area contributed by atoms with Crippen LogP contribution in [0.3, 0.4) is 0 Å². The maximum atomic E-state index is 4.73. The van der Waals surface area contributed by atoms with Crippen LogP contribution >= 0.6 is 28.2 Å². The van der Waals surface area contributed by atoms with Gasteiger partial charge in [-0.25, -0.2) is 0 Å². The topological polar surface area (TPSA) is 0 Å². The summed E-state index contributed by atoms with van der Waals surface area (Å²) in [6.45, 7) is 2.28. The summed E-state index contributed by atoms with van der Waals surface area (Å²) in [7, 11) is 9.30. The third kappa shape index (κ3) is 7.99. The van der Waals surface area contributed by atoms with Gasteiger partial charge in [0.15, 0.2) is 0 Å². The molecule has 0 aliphatic carbocycles. The molecule has 0 saturated carbocycles. The SMILES string of the molecule is CCCCCCP(c1ccccc1)c1ccccc1.[Cl][Co][Cl]. The fraction of sp³-hybridized carbons (Fsp3) is 0.333. The van der Waals surface area contributed by atoms with Crippen LogP contribution in [0.15, 0.2) is 60.7 Å². The first-order valence-electron chi connectivity index (χ1n) is 7.54. The van der Waals surface area contributed by atoms with Crippen LogP contribution in [0, 0.1) is 0 Å². The second kappa shape index (κ2) is 13.4. The molecule has 2 rings (SSSR count). The van der Waals surface area contributed by atoms with Crippen molar-refractivity contribution in [2.45, 2.75) is 32.6 Å². The number of rotatable bonds is 7. The van der Waals surface area contributed by atoms with E-state index in [1.807, 2.05) is 0 Å². The van der Waals surface area contributed by atoms with Gasteiger partial charge in [-0.3, -0.25) is 0 Å². The van der Waals surface area contributed by atoms with Crippen molar-refractivity contribution < 1.29 is 12.9 Å². The first-order chi connectivity index (χ1) is 10.8. The Kier molecular flexibility index (Phi) is 12.2. The third-order valence-corrected chi connectivity index (χ3v) is 5.98. The van der Waals surface area contributed by atoms with Gasteiger partial charge in [0.2, 0.25) is 0 Å². The minimum absolute atomic E-state index is 0.167. The fourth-order valence-corrected chi connectivity index (χ4v) is 4.74. The van der Waals surface area contributed by atoms with E-state index in [-0.39, 0.29) is 7.92 Å². The Bertz CT molecular complexity index is 439. The summed E-state index contributed by atoms with van der Waals surface area (Å²) in [5.74, 6) is 0. The summed E-state index contributed by atoms with van der Waals surface area (Å²) in [5.41, 5.74) is 0. The summed E-state index contributed by atoms with van der Waals surface area (Å²) in [6, 6.07) is 22.0. The summed E-state index contributed by atoms with van der Waals surface area (Å²) < 4.78 is 0. The third-order valence-electron chi connectivity index (χ3n) is 3.37. The van der Waals surface area contributed by atoms with Gasteiger partial charge in [-0.2, -0.15) is 0 Å².